The minimum absolute atomic E-state index is 0.154. The van der Waals surface area contributed by atoms with Gasteiger partial charge in [0.05, 0.1) is 5.69 Å². The molecule has 5 heteroatoms. The molecule has 0 aliphatic carbocycles. The number of anilines is 2. The second-order valence-corrected chi connectivity index (χ2v) is 5.54. The Bertz CT molecular complexity index is 656. The first-order chi connectivity index (χ1) is 11.0. The zero-order valence-corrected chi connectivity index (χ0v) is 13.2. The van der Waals surface area contributed by atoms with Gasteiger partial charge in [-0.1, -0.05) is 12.1 Å². The highest BCUT2D eigenvalue weighted by Gasteiger charge is 2.13. The fraction of sp³-hybridized carbons (Fsp3) is 0.278. The molecule has 23 heavy (non-hydrogen) atoms. The third-order valence-corrected chi connectivity index (χ3v) is 3.51. The predicted octanol–water partition coefficient (Wildman–Crippen LogP) is 4.21. The number of amides is 1. The molecule has 0 fully saturated rings. The van der Waals surface area contributed by atoms with Crippen LogP contribution in [0.1, 0.15) is 20.3 Å². The highest BCUT2D eigenvalue weighted by Crippen LogP contribution is 2.18. The molecule has 0 spiro atoms. The highest BCUT2D eigenvalue weighted by atomic mass is 19.1. The molecule has 0 saturated heterocycles. The second-order valence-electron chi connectivity index (χ2n) is 5.54. The number of carbonyl (C=O) groups excluding carboxylic acids is 1. The Morgan fingerprint density at radius 2 is 1.74 bits per heavy atom. The summed E-state index contributed by atoms with van der Waals surface area (Å²) in [6, 6.07) is 12.4. The Morgan fingerprint density at radius 1 is 1.09 bits per heavy atom. The van der Waals surface area contributed by atoms with Crippen LogP contribution in [0.15, 0.2) is 48.5 Å². The Morgan fingerprint density at radius 3 is 2.35 bits per heavy atom. The van der Waals surface area contributed by atoms with Gasteiger partial charge < -0.3 is 10.2 Å². The molecule has 0 heterocycles. The molecule has 3 nitrogen and oxygen atoms in total. The maximum absolute atomic E-state index is 13.5. The van der Waals surface area contributed by atoms with E-state index in [9.17, 15) is 13.6 Å². The summed E-state index contributed by atoms with van der Waals surface area (Å²) in [5.41, 5.74) is 1.02. The van der Waals surface area contributed by atoms with E-state index in [1.807, 2.05) is 18.7 Å². The summed E-state index contributed by atoms with van der Waals surface area (Å²) in [6.45, 7) is 4.46. The molecular weight excluding hydrogens is 298 g/mol. The lowest BCUT2D eigenvalue weighted by atomic mass is 10.2. The Balaban J connectivity index is 1.97. The Hall–Kier alpha value is -2.43. The predicted molar refractivity (Wildman–Crippen MR) is 88.5 cm³/mol. The number of nitrogens with one attached hydrogen (secondary N) is 1. The van der Waals surface area contributed by atoms with Crippen molar-refractivity contribution in [2.24, 2.45) is 0 Å². The average Bonchev–Trinajstić information content (AvgIpc) is 2.51. The van der Waals surface area contributed by atoms with Crippen LogP contribution >= 0.6 is 0 Å². The summed E-state index contributed by atoms with van der Waals surface area (Å²) in [5.74, 6) is -1.02. The summed E-state index contributed by atoms with van der Waals surface area (Å²) in [6.07, 6.45) is 0.212. The van der Waals surface area contributed by atoms with Crippen LogP contribution in [0.2, 0.25) is 0 Å². The van der Waals surface area contributed by atoms with Crippen molar-refractivity contribution in [1.82, 2.24) is 0 Å². The first-order valence-corrected chi connectivity index (χ1v) is 7.54. The van der Waals surface area contributed by atoms with E-state index in [0.29, 0.717) is 6.54 Å². The molecule has 2 aromatic rings. The van der Waals surface area contributed by atoms with Crippen LogP contribution in [0.4, 0.5) is 20.2 Å². The van der Waals surface area contributed by atoms with Crippen LogP contribution in [0.3, 0.4) is 0 Å². The fourth-order valence-electron chi connectivity index (χ4n) is 2.32. The van der Waals surface area contributed by atoms with Gasteiger partial charge in [-0.15, -0.1) is 0 Å². The molecule has 0 aromatic heterocycles. The van der Waals surface area contributed by atoms with Gasteiger partial charge in [-0.3, -0.25) is 4.79 Å². The molecule has 0 saturated carbocycles. The zero-order valence-electron chi connectivity index (χ0n) is 13.2. The number of benzene rings is 2. The number of nitrogens with zero attached hydrogens (tertiary/aromatic N) is 1. The van der Waals surface area contributed by atoms with E-state index >= 15 is 0 Å². The average molecular weight is 318 g/mol. The van der Waals surface area contributed by atoms with Crippen molar-refractivity contribution in [3.05, 3.63) is 60.2 Å². The van der Waals surface area contributed by atoms with Gasteiger partial charge in [-0.05, 0) is 50.2 Å². The molecule has 0 bridgehead atoms. The topological polar surface area (TPSA) is 32.3 Å². The molecule has 0 unspecified atom stereocenters. The van der Waals surface area contributed by atoms with E-state index in [1.165, 1.54) is 24.3 Å². The van der Waals surface area contributed by atoms with E-state index in [4.69, 9.17) is 0 Å². The minimum Gasteiger partial charge on any atom is -0.369 e. The van der Waals surface area contributed by atoms with Crippen molar-refractivity contribution in [2.45, 2.75) is 26.3 Å². The third-order valence-electron chi connectivity index (χ3n) is 3.51. The lowest BCUT2D eigenvalue weighted by Gasteiger charge is -2.28. The molecule has 1 N–H and O–H groups in total. The van der Waals surface area contributed by atoms with Crippen LogP contribution in [0.25, 0.3) is 0 Å². The number of hydrogen-bond donors (Lipinski definition) is 1. The normalized spacial score (nSPS) is 10.7. The number of hydrogen-bond acceptors (Lipinski definition) is 2. The zero-order chi connectivity index (χ0) is 16.8. The molecule has 0 radical (unpaired) electrons. The standard InChI is InChI=1S/C18H20F2N2O/c1-13(2)22(15-9-7-14(19)8-10-15)12-11-18(23)21-17-6-4-3-5-16(17)20/h3-10,13H,11-12H2,1-2H3,(H,21,23). The molecule has 0 aliphatic rings. The maximum Gasteiger partial charge on any atom is 0.226 e. The van der Waals surface area contributed by atoms with Crippen molar-refractivity contribution in [3.8, 4) is 0 Å². The van der Waals surface area contributed by atoms with Gasteiger partial charge in [0.1, 0.15) is 11.6 Å². The molecule has 0 aliphatic heterocycles. The molecule has 1 amide bonds. The molecule has 0 atom stereocenters. The molecule has 122 valence electrons. The van der Waals surface area contributed by atoms with Crippen molar-refractivity contribution in [1.29, 1.82) is 0 Å². The smallest absolute Gasteiger partial charge is 0.226 e. The third kappa shape index (κ3) is 4.77. The van der Waals surface area contributed by atoms with Crippen LogP contribution in [-0.2, 0) is 4.79 Å². The molecular formula is C18H20F2N2O. The summed E-state index contributed by atoms with van der Waals surface area (Å²) in [5, 5.41) is 2.56. The lowest BCUT2D eigenvalue weighted by molar-refractivity contribution is -0.116. The summed E-state index contributed by atoms with van der Waals surface area (Å²) >= 11 is 0. The van der Waals surface area contributed by atoms with Crippen LogP contribution in [-0.4, -0.2) is 18.5 Å². The van der Waals surface area contributed by atoms with E-state index in [-0.39, 0.29) is 29.9 Å². The number of rotatable bonds is 6. The van der Waals surface area contributed by atoms with Crippen LogP contribution in [0, 0.1) is 11.6 Å². The summed E-state index contributed by atoms with van der Waals surface area (Å²) in [4.78, 5) is 14.0. The van der Waals surface area contributed by atoms with Gasteiger partial charge >= 0.3 is 0 Å². The van der Waals surface area contributed by atoms with Crippen molar-refractivity contribution in [3.63, 3.8) is 0 Å². The van der Waals surface area contributed by atoms with Gasteiger partial charge in [0.2, 0.25) is 5.91 Å². The van der Waals surface area contributed by atoms with E-state index in [1.54, 1.807) is 24.3 Å². The quantitative estimate of drug-likeness (QED) is 0.865. The largest absolute Gasteiger partial charge is 0.369 e. The van der Waals surface area contributed by atoms with Gasteiger partial charge in [0.25, 0.3) is 0 Å². The van der Waals surface area contributed by atoms with Crippen molar-refractivity contribution < 1.29 is 13.6 Å². The fourth-order valence-corrected chi connectivity index (χ4v) is 2.32. The van der Waals surface area contributed by atoms with Crippen LogP contribution < -0.4 is 10.2 Å². The minimum atomic E-state index is -0.458. The molecule has 2 aromatic carbocycles. The Kier molecular flexibility index (Phi) is 5.68. The maximum atomic E-state index is 13.5. The van der Waals surface area contributed by atoms with Crippen LogP contribution in [0.5, 0.6) is 0 Å². The number of halogens is 2. The second kappa shape index (κ2) is 7.72. The van der Waals surface area contributed by atoms with E-state index in [0.717, 1.165) is 5.69 Å². The number of para-hydroxylation sites is 1. The van der Waals surface area contributed by atoms with E-state index in [2.05, 4.69) is 5.32 Å². The first kappa shape index (κ1) is 16.9. The van der Waals surface area contributed by atoms with Gasteiger partial charge in [-0.25, -0.2) is 8.78 Å². The summed E-state index contributed by atoms with van der Waals surface area (Å²) < 4.78 is 26.5. The lowest BCUT2D eigenvalue weighted by Crippen LogP contribution is -2.33. The van der Waals surface area contributed by atoms with Crippen molar-refractivity contribution in [2.75, 3.05) is 16.8 Å². The Labute approximate surface area is 134 Å². The van der Waals surface area contributed by atoms with E-state index < -0.39 is 5.82 Å². The van der Waals surface area contributed by atoms with Gasteiger partial charge in [0.15, 0.2) is 0 Å². The monoisotopic (exact) mass is 318 g/mol. The first-order valence-electron chi connectivity index (χ1n) is 7.54. The SMILES string of the molecule is CC(C)N(CCC(=O)Nc1ccccc1F)c1ccc(F)cc1. The van der Waals surface area contributed by atoms with Gasteiger partial charge in [-0.2, -0.15) is 0 Å². The highest BCUT2D eigenvalue weighted by molar-refractivity contribution is 5.91. The number of carbonyl (C=O) groups is 1. The van der Waals surface area contributed by atoms with Crippen molar-refractivity contribution >= 4 is 17.3 Å². The van der Waals surface area contributed by atoms with Gasteiger partial charge in [0, 0.05) is 24.7 Å². The molecule has 2 rings (SSSR count). The summed E-state index contributed by atoms with van der Waals surface area (Å²) in [7, 11) is 0.